The second-order valence-corrected chi connectivity index (χ2v) is 6.97. The van der Waals surface area contributed by atoms with Crippen LogP contribution in [0.15, 0.2) is 65.3 Å². The van der Waals surface area contributed by atoms with Gasteiger partial charge in [-0.1, -0.05) is 11.6 Å². The van der Waals surface area contributed by atoms with E-state index in [0.29, 0.717) is 5.82 Å². The molecule has 26 heavy (non-hydrogen) atoms. The first kappa shape index (κ1) is 16.6. The number of nitrogens with zero attached hydrogens (tertiary/aromatic N) is 4. The number of ether oxygens (including phenoxy) is 1. The van der Waals surface area contributed by atoms with Crippen LogP contribution in [0.1, 0.15) is 18.2 Å². The number of rotatable bonds is 4. The largest absolute Gasteiger partial charge is 0.497 e. The minimum Gasteiger partial charge on any atom is -0.497 e. The Hall–Kier alpha value is -2.86. The van der Waals surface area contributed by atoms with E-state index >= 15 is 0 Å². The highest BCUT2D eigenvalue weighted by molar-refractivity contribution is 8.08. The standard InChI is InChI=1S/C20H18N4OS/c1-14-9-10-26-18(11-14)17-13-22-20-8-7-19(23-24(17)20)21-12-15-3-5-16(25-2)6-4-15/h3-9,11-13H,10H2,1-2H3. The summed E-state index contributed by atoms with van der Waals surface area (Å²) in [6.07, 6.45) is 8.06. The fourth-order valence-corrected chi connectivity index (χ4v) is 3.73. The van der Waals surface area contributed by atoms with Crippen molar-refractivity contribution in [3.63, 3.8) is 0 Å². The average Bonchev–Trinajstić information content (AvgIpc) is 3.10. The van der Waals surface area contributed by atoms with Gasteiger partial charge in [-0.05, 0) is 55.0 Å². The normalized spacial score (nSPS) is 14.5. The molecule has 0 radical (unpaired) electrons. The number of imidazole rings is 1. The average molecular weight is 362 g/mol. The van der Waals surface area contributed by atoms with Gasteiger partial charge in [-0.25, -0.2) is 14.5 Å². The SMILES string of the molecule is COc1ccc(C=Nc2ccc3ncc(C4=CC(C)=CCS4)n3n2)cc1. The van der Waals surface area contributed by atoms with Gasteiger partial charge in [0.2, 0.25) is 0 Å². The van der Waals surface area contributed by atoms with Gasteiger partial charge in [0.1, 0.15) is 5.75 Å². The topological polar surface area (TPSA) is 51.8 Å². The van der Waals surface area contributed by atoms with Crippen molar-refractivity contribution >= 4 is 34.3 Å². The van der Waals surface area contributed by atoms with Crippen molar-refractivity contribution in [2.45, 2.75) is 6.92 Å². The molecule has 0 atom stereocenters. The highest BCUT2D eigenvalue weighted by Crippen LogP contribution is 2.32. The molecule has 130 valence electrons. The molecule has 2 aromatic heterocycles. The first-order valence-corrected chi connectivity index (χ1v) is 9.26. The van der Waals surface area contributed by atoms with Crippen LogP contribution in [0.25, 0.3) is 10.6 Å². The monoisotopic (exact) mass is 362 g/mol. The molecule has 1 aliphatic heterocycles. The van der Waals surface area contributed by atoms with Crippen LogP contribution in [0.4, 0.5) is 5.82 Å². The molecule has 6 heteroatoms. The fraction of sp³-hybridized carbons (Fsp3) is 0.150. The van der Waals surface area contributed by atoms with Gasteiger partial charge in [0.25, 0.3) is 0 Å². The first-order valence-electron chi connectivity index (χ1n) is 8.27. The molecule has 0 spiro atoms. The van der Waals surface area contributed by atoms with Crippen LogP contribution < -0.4 is 4.74 Å². The quantitative estimate of drug-likeness (QED) is 0.640. The molecule has 5 nitrogen and oxygen atoms in total. The van der Waals surface area contributed by atoms with Gasteiger partial charge in [0.15, 0.2) is 11.5 Å². The summed E-state index contributed by atoms with van der Waals surface area (Å²) in [5.41, 5.74) is 4.07. The van der Waals surface area contributed by atoms with Crippen LogP contribution in [0.5, 0.6) is 5.75 Å². The van der Waals surface area contributed by atoms with E-state index < -0.39 is 0 Å². The molecule has 0 unspecified atom stereocenters. The number of methoxy groups -OCH3 is 1. The van der Waals surface area contributed by atoms with Gasteiger partial charge in [-0.2, -0.15) is 0 Å². The number of hydrogen-bond acceptors (Lipinski definition) is 5. The molecule has 0 N–H and O–H groups in total. The number of thioether (sulfide) groups is 1. The second kappa shape index (κ2) is 7.17. The van der Waals surface area contributed by atoms with Crippen LogP contribution in [-0.2, 0) is 0 Å². The van der Waals surface area contributed by atoms with E-state index in [1.54, 1.807) is 25.1 Å². The van der Waals surface area contributed by atoms with Crippen molar-refractivity contribution < 1.29 is 4.74 Å². The molecule has 3 aromatic rings. The lowest BCUT2D eigenvalue weighted by Crippen LogP contribution is -1.98. The summed E-state index contributed by atoms with van der Waals surface area (Å²) >= 11 is 1.79. The third-order valence-corrected chi connectivity index (χ3v) is 5.04. The van der Waals surface area contributed by atoms with Crippen molar-refractivity contribution in [2.75, 3.05) is 12.9 Å². The van der Waals surface area contributed by atoms with Crippen LogP contribution in [0.2, 0.25) is 0 Å². The summed E-state index contributed by atoms with van der Waals surface area (Å²) in [5, 5.41) is 4.64. The zero-order valence-electron chi connectivity index (χ0n) is 14.6. The van der Waals surface area contributed by atoms with Crippen molar-refractivity contribution in [3.8, 4) is 5.75 Å². The number of allylic oxidation sites excluding steroid dienone is 2. The molecule has 0 saturated carbocycles. The van der Waals surface area contributed by atoms with Gasteiger partial charge < -0.3 is 4.74 Å². The Morgan fingerprint density at radius 2 is 2.04 bits per heavy atom. The Balaban J connectivity index is 1.65. The van der Waals surface area contributed by atoms with Crippen molar-refractivity contribution in [1.29, 1.82) is 0 Å². The Kier molecular flexibility index (Phi) is 4.58. The predicted molar refractivity (Wildman–Crippen MR) is 107 cm³/mol. The van der Waals surface area contributed by atoms with E-state index in [9.17, 15) is 0 Å². The number of benzene rings is 1. The van der Waals surface area contributed by atoms with Crippen molar-refractivity contribution in [2.24, 2.45) is 4.99 Å². The number of fused-ring (bicyclic) bond motifs is 1. The Labute approximate surface area is 156 Å². The van der Waals surface area contributed by atoms with Crippen molar-refractivity contribution in [3.05, 3.63) is 71.6 Å². The second-order valence-electron chi connectivity index (χ2n) is 5.90. The molecule has 3 heterocycles. The maximum atomic E-state index is 5.17. The summed E-state index contributed by atoms with van der Waals surface area (Å²) in [6.45, 7) is 2.11. The molecule has 4 rings (SSSR count). The summed E-state index contributed by atoms with van der Waals surface area (Å²) in [6, 6.07) is 11.6. The molecule has 1 aliphatic rings. The summed E-state index contributed by atoms with van der Waals surface area (Å²) in [5.74, 6) is 2.44. The van der Waals surface area contributed by atoms with E-state index in [-0.39, 0.29) is 0 Å². The first-order chi connectivity index (χ1) is 12.7. The van der Waals surface area contributed by atoms with E-state index in [0.717, 1.165) is 28.4 Å². The Morgan fingerprint density at radius 3 is 2.81 bits per heavy atom. The maximum absolute atomic E-state index is 5.17. The maximum Gasteiger partial charge on any atom is 0.172 e. The Bertz CT molecular complexity index is 1030. The predicted octanol–water partition coefficient (Wildman–Crippen LogP) is 4.52. The van der Waals surface area contributed by atoms with Crippen LogP contribution >= 0.6 is 11.8 Å². The molecule has 0 fully saturated rings. The van der Waals surface area contributed by atoms with Crippen molar-refractivity contribution in [1.82, 2.24) is 14.6 Å². The van der Waals surface area contributed by atoms with Crippen LogP contribution in [-0.4, -0.2) is 33.7 Å². The fourth-order valence-electron chi connectivity index (χ4n) is 2.65. The molecular weight excluding hydrogens is 344 g/mol. The van der Waals surface area contributed by atoms with E-state index in [1.807, 2.05) is 47.1 Å². The zero-order chi connectivity index (χ0) is 17.9. The lowest BCUT2D eigenvalue weighted by Gasteiger charge is -2.10. The third kappa shape index (κ3) is 3.41. The highest BCUT2D eigenvalue weighted by atomic mass is 32.2. The molecular formula is C20H18N4OS. The van der Waals surface area contributed by atoms with E-state index in [2.05, 4.69) is 34.2 Å². The Morgan fingerprint density at radius 1 is 1.19 bits per heavy atom. The van der Waals surface area contributed by atoms with Crippen LogP contribution in [0, 0.1) is 0 Å². The summed E-state index contributed by atoms with van der Waals surface area (Å²) < 4.78 is 7.03. The molecule has 0 saturated heterocycles. The molecule has 0 amide bonds. The highest BCUT2D eigenvalue weighted by Gasteiger charge is 2.13. The molecule has 0 bridgehead atoms. The van der Waals surface area contributed by atoms with E-state index in [1.165, 1.54) is 10.5 Å². The summed E-state index contributed by atoms with van der Waals surface area (Å²) in [4.78, 5) is 10.1. The van der Waals surface area contributed by atoms with Gasteiger partial charge in [-0.15, -0.1) is 16.9 Å². The minimum absolute atomic E-state index is 0.640. The summed E-state index contributed by atoms with van der Waals surface area (Å²) in [7, 11) is 1.66. The molecule has 1 aromatic carbocycles. The molecule has 0 aliphatic carbocycles. The number of hydrogen-bond donors (Lipinski definition) is 0. The zero-order valence-corrected chi connectivity index (χ0v) is 15.4. The van der Waals surface area contributed by atoms with E-state index in [4.69, 9.17) is 4.74 Å². The minimum atomic E-state index is 0.640. The van der Waals surface area contributed by atoms with Gasteiger partial charge in [0, 0.05) is 16.9 Å². The van der Waals surface area contributed by atoms with Gasteiger partial charge in [0.05, 0.1) is 19.0 Å². The lowest BCUT2D eigenvalue weighted by atomic mass is 10.2. The third-order valence-electron chi connectivity index (χ3n) is 4.07. The number of aromatic nitrogens is 3. The van der Waals surface area contributed by atoms with Gasteiger partial charge in [-0.3, -0.25) is 0 Å². The number of aliphatic imine (C=N–C) groups is 1. The van der Waals surface area contributed by atoms with Gasteiger partial charge >= 0.3 is 0 Å². The smallest absolute Gasteiger partial charge is 0.172 e. The lowest BCUT2D eigenvalue weighted by molar-refractivity contribution is 0.415. The van der Waals surface area contributed by atoms with Crippen LogP contribution in [0.3, 0.4) is 0 Å².